The maximum Gasteiger partial charge on any atom is 0.101 e. The summed E-state index contributed by atoms with van der Waals surface area (Å²) < 4.78 is 0. The van der Waals surface area contributed by atoms with E-state index >= 15 is 0 Å². The largest absolute Gasteiger partial charge is 0.382 e. The lowest BCUT2D eigenvalue weighted by Crippen LogP contribution is -2.27. The first-order chi connectivity index (χ1) is 4.66. The van der Waals surface area contributed by atoms with Gasteiger partial charge in [-0.15, -0.1) is 0 Å². The molecule has 1 aliphatic rings. The Bertz CT molecular complexity index is 160. The standard InChI is InChI=1S/C9H14O/c1-3-9(10)6-4-5-8(2)7-9/h3-4,6,8,10H,1,5,7H2,2H3/t8-,9+/m1/s1. The molecule has 1 N–H and O–H groups in total. The molecule has 1 nitrogen and oxygen atoms in total. The van der Waals surface area contributed by atoms with Crippen LogP contribution in [0, 0.1) is 5.92 Å². The summed E-state index contributed by atoms with van der Waals surface area (Å²) in [5.41, 5.74) is -0.725. The fourth-order valence-corrected chi connectivity index (χ4v) is 1.37. The smallest absolute Gasteiger partial charge is 0.101 e. The molecular formula is C9H14O. The molecule has 0 aromatic carbocycles. The Hall–Kier alpha value is -0.560. The summed E-state index contributed by atoms with van der Waals surface area (Å²) in [6, 6.07) is 0. The van der Waals surface area contributed by atoms with Gasteiger partial charge in [0.2, 0.25) is 0 Å². The molecular weight excluding hydrogens is 124 g/mol. The molecule has 2 atom stereocenters. The molecule has 0 aromatic rings. The Kier molecular flexibility index (Phi) is 1.95. The van der Waals surface area contributed by atoms with E-state index in [1.54, 1.807) is 6.08 Å². The lowest BCUT2D eigenvalue weighted by Gasteiger charge is -2.27. The van der Waals surface area contributed by atoms with Crippen LogP contribution in [-0.4, -0.2) is 10.7 Å². The van der Waals surface area contributed by atoms with Gasteiger partial charge in [0.25, 0.3) is 0 Å². The molecule has 0 spiro atoms. The summed E-state index contributed by atoms with van der Waals surface area (Å²) in [7, 11) is 0. The molecule has 0 fully saturated rings. The van der Waals surface area contributed by atoms with Crippen LogP contribution in [0.5, 0.6) is 0 Å². The molecule has 10 heavy (non-hydrogen) atoms. The van der Waals surface area contributed by atoms with Crippen LogP contribution in [0.15, 0.2) is 24.8 Å². The van der Waals surface area contributed by atoms with Crippen molar-refractivity contribution in [3.63, 3.8) is 0 Å². The highest BCUT2D eigenvalue weighted by molar-refractivity contribution is 5.14. The molecule has 0 saturated heterocycles. The van der Waals surface area contributed by atoms with Crippen LogP contribution in [0.25, 0.3) is 0 Å². The van der Waals surface area contributed by atoms with Crippen molar-refractivity contribution in [1.82, 2.24) is 0 Å². The van der Waals surface area contributed by atoms with E-state index < -0.39 is 5.60 Å². The summed E-state index contributed by atoms with van der Waals surface area (Å²) in [5.74, 6) is 0.577. The van der Waals surface area contributed by atoms with Gasteiger partial charge >= 0.3 is 0 Å². The minimum Gasteiger partial charge on any atom is -0.382 e. The Labute approximate surface area is 62.1 Å². The maximum absolute atomic E-state index is 9.65. The van der Waals surface area contributed by atoms with E-state index in [2.05, 4.69) is 13.5 Å². The van der Waals surface area contributed by atoms with Gasteiger partial charge in [0.1, 0.15) is 5.60 Å². The predicted molar refractivity (Wildman–Crippen MR) is 42.7 cm³/mol. The van der Waals surface area contributed by atoms with E-state index in [0.29, 0.717) is 5.92 Å². The Morgan fingerprint density at radius 2 is 2.50 bits per heavy atom. The fraction of sp³-hybridized carbons (Fsp3) is 0.556. The first-order valence-corrected chi connectivity index (χ1v) is 3.70. The zero-order valence-corrected chi connectivity index (χ0v) is 6.38. The van der Waals surface area contributed by atoms with E-state index in [4.69, 9.17) is 0 Å². The van der Waals surface area contributed by atoms with Gasteiger partial charge in [-0.3, -0.25) is 0 Å². The van der Waals surface area contributed by atoms with E-state index in [-0.39, 0.29) is 0 Å². The van der Waals surface area contributed by atoms with Crippen LogP contribution in [-0.2, 0) is 0 Å². The van der Waals surface area contributed by atoms with E-state index in [1.165, 1.54) is 0 Å². The Morgan fingerprint density at radius 3 is 2.90 bits per heavy atom. The fourth-order valence-electron chi connectivity index (χ4n) is 1.37. The van der Waals surface area contributed by atoms with Gasteiger partial charge in [-0.2, -0.15) is 0 Å². The van der Waals surface area contributed by atoms with Gasteiger partial charge < -0.3 is 5.11 Å². The highest BCUT2D eigenvalue weighted by Gasteiger charge is 2.24. The summed E-state index contributed by atoms with van der Waals surface area (Å²) in [4.78, 5) is 0. The van der Waals surface area contributed by atoms with Crippen molar-refractivity contribution in [1.29, 1.82) is 0 Å². The Balaban J connectivity index is 2.70. The molecule has 0 bridgehead atoms. The van der Waals surface area contributed by atoms with Crippen LogP contribution in [0.2, 0.25) is 0 Å². The lowest BCUT2D eigenvalue weighted by molar-refractivity contribution is 0.108. The third kappa shape index (κ3) is 1.48. The first kappa shape index (κ1) is 7.55. The molecule has 56 valence electrons. The molecule has 0 amide bonds. The minimum atomic E-state index is -0.725. The normalized spacial score (nSPS) is 39.6. The van der Waals surface area contributed by atoms with Crippen molar-refractivity contribution < 1.29 is 5.11 Å². The zero-order chi connectivity index (χ0) is 7.61. The number of hydrogen-bond donors (Lipinski definition) is 1. The average molecular weight is 138 g/mol. The SMILES string of the molecule is C=C[C@]1(O)C=CC[C@@H](C)C1. The van der Waals surface area contributed by atoms with Gasteiger partial charge in [-0.05, 0) is 18.8 Å². The third-order valence-corrected chi connectivity index (χ3v) is 1.97. The minimum absolute atomic E-state index is 0.577. The van der Waals surface area contributed by atoms with Crippen LogP contribution >= 0.6 is 0 Å². The van der Waals surface area contributed by atoms with Gasteiger partial charge in [0.15, 0.2) is 0 Å². The summed E-state index contributed by atoms with van der Waals surface area (Å²) in [6.45, 7) is 5.73. The number of hydrogen-bond acceptors (Lipinski definition) is 1. The van der Waals surface area contributed by atoms with Crippen molar-refractivity contribution in [2.75, 3.05) is 0 Å². The Morgan fingerprint density at radius 1 is 1.80 bits per heavy atom. The van der Waals surface area contributed by atoms with Gasteiger partial charge in [0, 0.05) is 0 Å². The molecule has 0 unspecified atom stereocenters. The molecule has 0 aliphatic heterocycles. The van der Waals surface area contributed by atoms with E-state index in [0.717, 1.165) is 12.8 Å². The predicted octanol–water partition coefficient (Wildman–Crippen LogP) is 1.89. The molecule has 0 heterocycles. The highest BCUT2D eigenvalue weighted by Crippen LogP contribution is 2.26. The topological polar surface area (TPSA) is 20.2 Å². The van der Waals surface area contributed by atoms with Crippen molar-refractivity contribution in [3.05, 3.63) is 24.8 Å². The lowest BCUT2D eigenvalue weighted by atomic mass is 9.84. The van der Waals surface area contributed by atoms with Crippen molar-refractivity contribution >= 4 is 0 Å². The van der Waals surface area contributed by atoms with Crippen LogP contribution in [0.4, 0.5) is 0 Å². The van der Waals surface area contributed by atoms with Crippen LogP contribution in [0.1, 0.15) is 19.8 Å². The maximum atomic E-state index is 9.65. The first-order valence-electron chi connectivity index (χ1n) is 3.70. The number of allylic oxidation sites excluding steroid dienone is 1. The van der Waals surface area contributed by atoms with Crippen molar-refractivity contribution in [3.8, 4) is 0 Å². The summed E-state index contributed by atoms with van der Waals surface area (Å²) in [6.07, 6.45) is 7.36. The number of aliphatic hydroxyl groups is 1. The average Bonchev–Trinajstić information content (AvgIpc) is 1.88. The highest BCUT2D eigenvalue weighted by atomic mass is 16.3. The second kappa shape index (κ2) is 2.59. The van der Waals surface area contributed by atoms with Gasteiger partial charge in [-0.1, -0.05) is 31.7 Å². The summed E-state index contributed by atoms with van der Waals surface area (Å²) in [5, 5.41) is 9.65. The molecule has 0 radical (unpaired) electrons. The molecule has 1 aliphatic carbocycles. The number of rotatable bonds is 1. The van der Waals surface area contributed by atoms with Crippen molar-refractivity contribution in [2.45, 2.75) is 25.4 Å². The second-order valence-corrected chi connectivity index (χ2v) is 3.14. The zero-order valence-electron chi connectivity index (χ0n) is 6.38. The quantitative estimate of drug-likeness (QED) is 0.548. The molecule has 0 aromatic heterocycles. The molecule has 0 saturated carbocycles. The van der Waals surface area contributed by atoms with E-state index in [9.17, 15) is 5.11 Å². The molecule has 1 heteroatoms. The van der Waals surface area contributed by atoms with E-state index in [1.807, 2.05) is 12.2 Å². The van der Waals surface area contributed by atoms with Gasteiger partial charge in [0.05, 0.1) is 0 Å². The molecule has 1 rings (SSSR count). The van der Waals surface area contributed by atoms with Crippen LogP contribution < -0.4 is 0 Å². The third-order valence-electron chi connectivity index (χ3n) is 1.97. The summed E-state index contributed by atoms with van der Waals surface area (Å²) >= 11 is 0. The van der Waals surface area contributed by atoms with Crippen LogP contribution in [0.3, 0.4) is 0 Å². The van der Waals surface area contributed by atoms with Crippen molar-refractivity contribution in [2.24, 2.45) is 5.92 Å². The monoisotopic (exact) mass is 138 g/mol. The second-order valence-electron chi connectivity index (χ2n) is 3.14. The van der Waals surface area contributed by atoms with Gasteiger partial charge in [-0.25, -0.2) is 0 Å².